The third-order valence-corrected chi connectivity index (χ3v) is 4.28. The summed E-state index contributed by atoms with van der Waals surface area (Å²) in [6.07, 6.45) is 0. The van der Waals surface area contributed by atoms with Crippen LogP contribution < -0.4 is 5.56 Å². The zero-order valence-corrected chi connectivity index (χ0v) is 12.3. The van der Waals surface area contributed by atoms with Crippen molar-refractivity contribution in [3.8, 4) is 0 Å². The molecule has 0 unspecified atom stereocenters. The Balaban J connectivity index is 1.94. The van der Waals surface area contributed by atoms with Gasteiger partial charge in [0.15, 0.2) is 0 Å². The van der Waals surface area contributed by atoms with Gasteiger partial charge in [0.1, 0.15) is 0 Å². The van der Waals surface area contributed by atoms with Crippen LogP contribution in [0.3, 0.4) is 0 Å². The second-order valence-corrected chi connectivity index (χ2v) is 5.58. The van der Waals surface area contributed by atoms with Gasteiger partial charge in [-0.15, -0.1) is 0 Å². The SMILES string of the molecule is C[C@@H](c1cccc2ccccc12)n1[nH]c2ccccc2c1=O. The van der Waals surface area contributed by atoms with Crippen LogP contribution in [-0.4, -0.2) is 9.78 Å². The minimum atomic E-state index is -0.0500. The topological polar surface area (TPSA) is 37.8 Å². The van der Waals surface area contributed by atoms with Gasteiger partial charge < -0.3 is 0 Å². The van der Waals surface area contributed by atoms with E-state index in [2.05, 4.69) is 36.3 Å². The van der Waals surface area contributed by atoms with Crippen molar-refractivity contribution < 1.29 is 0 Å². The lowest BCUT2D eigenvalue weighted by Gasteiger charge is -2.15. The number of nitrogens with zero attached hydrogens (tertiary/aromatic N) is 1. The maximum Gasteiger partial charge on any atom is 0.274 e. The summed E-state index contributed by atoms with van der Waals surface area (Å²) in [4.78, 5) is 12.6. The van der Waals surface area contributed by atoms with Crippen LogP contribution in [0.4, 0.5) is 0 Å². The van der Waals surface area contributed by atoms with E-state index in [1.165, 1.54) is 10.8 Å². The Morgan fingerprint density at radius 2 is 1.55 bits per heavy atom. The van der Waals surface area contributed by atoms with E-state index in [9.17, 15) is 4.79 Å². The molecule has 0 aliphatic heterocycles. The molecule has 0 bridgehead atoms. The number of nitrogens with one attached hydrogen (secondary N) is 1. The molecule has 3 aromatic carbocycles. The number of H-pyrrole nitrogens is 1. The summed E-state index contributed by atoms with van der Waals surface area (Å²) in [6.45, 7) is 2.05. The molecule has 3 nitrogen and oxygen atoms in total. The molecule has 4 aromatic rings. The van der Waals surface area contributed by atoms with Gasteiger partial charge in [0, 0.05) is 0 Å². The van der Waals surface area contributed by atoms with E-state index < -0.39 is 0 Å². The molecule has 0 amide bonds. The fourth-order valence-electron chi connectivity index (χ4n) is 3.10. The Kier molecular flexibility index (Phi) is 2.86. The molecule has 0 aliphatic carbocycles. The van der Waals surface area contributed by atoms with Crippen LogP contribution in [-0.2, 0) is 0 Å². The average molecular weight is 288 g/mol. The first-order valence-corrected chi connectivity index (χ1v) is 7.42. The van der Waals surface area contributed by atoms with Gasteiger partial charge in [0.2, 0.25) is 0 Å². The van der Waals surface area contributed by atoms with Gasteiger partial charge in [-0.25, -0.2) is 4.68 Å². The van der Waals surface area contributed by atoms with Crippen LogP contribution >= 0.6 is 0 Å². The zero-order valence-electron chi connectivity index (χ0n) is 12.3. The van der Waals surface area contributed by atoms with Crippen molar-refractivity contribution in [2.45, 2.75) is 13.0 Å². The summed E-state index contributed by atoms with van der Waals surface area (Å²) in [5, 5.41) is 6.34. The van der Waals surface area contributed by atoms with Crippen LogP contribution in [0.15, 0.2) is 71.5 Å². The van der Waals surface area contributed by atoms with Crippen LogP contribution in [0.1, 0.15) is 18.5 Å². The van der Waals surface area contributed by atoms with Gasteiger partial charge in [0.05, 0.1) is 16.9 Å². The quantitative estimate of drug-likeness (QED) is 0.592. The Morgan fingerprint density at radius 3 is 2.36 bits per heavy atom. The molecule has 1 aromatic heterocycles. The van der Waals surface area contributed by atoms with Gasteiger partial charge in [-0.1, -0.05) is 54.6 Å². The van der Waals surface area contributed by atoms with E-state index in [0.29, 0.717) is 0 Å². The summed E-state index contributed by atoms with van der Waals surface area (Å²) in [7, 11) is 0. The number of hydrogen-bond donors (Lipinski definition) is 1. The molecule has 0 radical (unpaired) electrons. The highest BCUT2D eigenvalue weighted by Crippen LogP contribution is 2.26. The lowest BCUT2D eigenvalue weighted by atomic mass is 10.00. The minimum absolute atomic E-state index is 0.0241. The van der Waals surface area contributed by atoms with Crippen molar-refractivity contribution in [3.05, 3.63) is 82.6 Å². The number of aromatic amines is 1. The summed E-state index contributed by atoms with van der Waals surface area (Å²) < 4.78 is 1.71. The van der Waals surface area contributed by atoms with Crippen molar-refractivity contribution in [2.75, 3.05) is 0 Å². The molecule has 0 fully saturated rings. The molecule has 4 rings (SSSR count). The predicted octanol–water partition coefficient (Wildman–Crippen LogP) is 4.09. The van der Waals surface area contributed by atoms with Crippen LogP contribution in [0, 0.1) is 0 Å². The number of hydrogen-bond acceptors (Lipinski definition) is 1. The maximum absolute atomic E-state index is 12.6. The fraction of sp³-hybridized carbons (Fsp3) is 0.105. The van der Waals surface area contributed by atoms with Crippen molar-refractivity contribution in [2.24, 2.45) is 0 Å². The monoisotopic (exact) mass is 288 g/mol. The summed E-state index contributed by atoms with van der Waals surface area (Å²) in [6, 6.07) is 22.1. The lowest BCUT2D eigenvalue weighted by molar-refractivity contribution is 0.556. The van der Waals surface area contributed by atoms with E-state index in [0.717, 1.165) is 16.5 Å². The molecule has 1 atom stereocenters. The third-order valence-electron chi connectivity index (χ3n) is 4.28. The van der Waals surface area contributed by atoms with Crippen molar-refractivity contribution in [1.29, 1.82) is 0 Å². The first-order valence-electron chi connectivity index (χ1n) is 7.42. The molecular weight excluding hydrogens is 272 g/mol. The number of fused-ring (bicyclic) bond motifs is 2. The highest BCUT2D eigenvalue weighted by molar-refractivity contribution is 5.86. The van der Waals surface area contributed by atoms with E-state index in [1.807, 2.05) is 42.5 Å². The molecule has 108 valence electrons. The smallest absolute Gasteiger partial charge is 0.274 e. The van der Waals surface area contributed by atoms with Gasteiger partial charge >= 0.3 is 0 Å². The molecule has 3 heteroatoms. The standard InChI is InChI=1S/C19H16N2O/c1-13(15-11-6-8-14-7-2-3-9-16(14)15)21-19(22)17-10-4-5-12-18(17)20-21/h2-13,20H,1H3/t13-/m0/s1. The zero-order chi connectivity index (χ0) is 15.1. The van der Waals surface area contributed by atoms with E-state index >= 15 is 0 Å². The maximum atomic E-state index is 12.6. The molecule has 22 heavy (non-hydrogen) atoms. The largest absolute Gasteiger partial charge is 0.294 e. The third kappa shape index (κ3) is 1.86. The average Bonchev–Trinajstić information content (AvgIpc) is 2.91. The molecule has 0 saturated heterocycles. The minimum Gasteiger partial charge on any atom is -0.294 e. The molecule has 1 N–H and O–H groups in total. The normalized spacial score (nSPS) is 12.8. The second kappa shape index (κ2) is 4.88. The second-order valence-electron chi connectivity index (χ2n) is 5.58. The molecule has 1 heterocycles. The fourth-order valence-corrected chi connectivity index (χ4v) is 3.10. The van der Waals surface area contributed by atoms with Gasteiger partial charge in [-0.05, 0) is 35.4 Å². The first kappa shape index (κ1) is 12.9. The number of para-hydroxylation sites is 1. The summed E-state index contributed by atoms with van der Waals surface area (Å²) in [5.41, 5.74) is 2.04. The summed E-state index contributed by atoms with van der Waals surface area (Å²) >= 11 is 0. The van der Waals surface area contributed by atoms with Crippen molar-refractivity contribution >= 4 is 21.7 Å². The number of aromatic nitrogens is 2. The van der Waals surface area contributed by atoms with Crippen LogP contribution in [0.25, 0.3) is 21.7 Å². The van der Waals surface area contributed by atoms with Crippen molar-refractivity contribution in [1.82, 2.24) is 9.78 Å². The number of rotatable bonds is 2. The Morgan fingerprint density at radius 1 is 0.864 bits per heavy atom. The highest BCUT2D eigenvalue weighted by atomic mass is 16.1. The van der Waals surface area contributed by atoms with E-state index in [4.69, 9.17) is 0 Å². The molecular formula is C19H16N2O. The summed E-state index contributed by atoms with van der Waals surface area (Å²) in [5.74, 6) is 0. The van der Waals surface area contributed by atoms with Gasteiger partial charge in [-0.3, -0.25) is 9.89 Å². The molecule has 0 saturated carbocycles. The highest BCUT2D eigenvalue weighted by Gasteiger charge is 2.15. The molecule has 0 spiro atoms. The Bertz CT molecular complexity index is 1020. The van der Waals surface area contributed by atoms with E-state index in [1.54, 1.807) is 4.68 Å². The predicted molar refractivity (Wildman–Crippen MR) is 90.3 cm³/mol. The van der Waals surface area contributed by atoms with Crippen LogP contribution in [0.2, 0.25) is 0 Å². The van der Waals surface area contributed by atoms with Crippen molar-refractivity contribution in [3.63, 3.8) is 0 Å². The Hall–Kier alpha value is -2.81. The first-order chi connectivity index (χ1) is 10.8. The van der Waals surface area contributed by atoms with Crippen LogP contribution in [0.5, 0.6) is 0 Å². The van der Waals surface area contributed by atoms with Gasteiger partial charge in [-0.2, -0.15) is 0 Å². The molecule has 0 aliphatic rings. The Labute approximate surface area is 127 Å². The van der Waals surface area contributed by atoms with Gasteiger partial charge in [0.25, 0.3) is 5.56 Å². The lowest BCUT2D eigenvalue weighted by Crippen LogP contribution is -2.21. The van der Waals surface area contributed by atoms with E-state index in [-0.39, 0.29) is 11.6 Å². The number of benzene rings is 3.